The van der Waals surface area contributed by atoms with Crippen LogP contribution in [0, 0.1) is 0 Å². The van der Waals surface area contributed by atoms with E-state index in [2.05, 4.69) is 62.4 Å². The second kappa shape index (κ2) is 5.98. The average Bonchev–Trinajstić information content (AvgIpc) is 2.53. The monoisotopic (exact) mass is 313 g/mol. The molecular weight excluding hydrogens is 290 g/mol. The lowest BCUT2D eigenvalue weighted by Gasteiger charge is -2.43. The van der Waals surface area contributed by atoms with Crippen LogP contribution >= 0.6 is 11.8 Å². The van der Waals surface area contributed by atoms with Gasteiger partial charge in [0, 0.05) is 21.6 Å². The highest BCUT2D eigenvalue weighted by Crippen LogP contribution is 2.43. The van der Waals surface area contributed by atoms with E-state index in [0.29, 0.717) is 5.25 Å². The molecule has 2 N–H and O–H groups in total. The van der Waals surface area contributed by atoms with Gasteiger partial charge in [0.05, 0.1) is 7.11 Å². The van der Waals surface area contributed by atoms with Crippen molar-refractivity contribution in [1.82, 2.24) is 0 Å². The van der Waals surface area contributed by atoms with Gasteiger partial charge in [-0.1, -0.05) is 38.1 Å². The molecule has 2 atom stereocenters. The van der Waals surface area contributed by atoms with Crippen molar-refractivity contribution in [1.29, 1.82) is 0 Å². The third kappa shape index (κ3) is 2.75. The first kappa shape index (κ1) is 15.4. The zero-order valence-corrected chi connectivity index (χ0v) is 14.2. The molecule has 116 valence electrons. The topological polar surface area (TPSA) is 35.2 Å². The minimum atomic E-state index is -0.0609. The zero-order chi connectivity index (χ0) is 15.7. The third-order valence-corrected chi connectivity index (χ3v) is 6.00. The highest BCUT2D eigenvalue weighted by molar-refractivity contribution is 8.00. The molecule has 1 aliphatic carbocycles. The second-order valence-corrected chi connectivity index (χ2v) is 7.76. The van der Waals surface area contributed by atoms with E-state index in [0.717, 1.165) is 12.2 Å². The SMILES string of the molecule is COc1ccc2c(c1)C(C)(C)[C@@H](N)[C@H](Sc1ccccc1)C2. The first-order chi connectivity index (χ1) is 10.5. The Labute approximate surface area is 137 Å². The van der Waals surface area contributed by atoms with Crippen LogP contribution in [0.4, 0.5) is 0 Å². The fourth-order valence-electron chi connectivity index (χ4n) is 3.24. The molecule has 0 spiro atoms. The summed E-state index contributed by atoms with van der Waals surface area (Å²) in [4.78, 5) is 1.29. The van der Waals surface area contributed by atoms with E-state index < -0.39 is 0 Å². The Bertz CT molecular complexity index is 654. The number of ether oxygens (including phenoxy) is 1. The Balaban J connectivity index is 1.93. The molecule has 2 nitrogen and oxygen atoms in total. The van der Waals surface area contributed by atoms with Crippen LogP contribution in [-0.2, 0) is 11.8 Å². The fourth-order valence-corrected chi connectivity index (χ4v) is 4.65. The number of benzene rings is 2. The molecule has 0 aromatic heterocycles. The maximum absolute atomic E-state index is 6.65. The van der Waals surface area contributed by atoms with Gasteiger partial charge in [0.15, 0.2) is 0 Å². The summed E-state index contributed by atoms with van der Waals surface area (Å²) in [6.07, 6.45) is 1.00. The molecule has 0 amide bonds. The molecule has 2 aromatic rings. The molecule has 0 radical (unpaired) electrons. The van der Waals surface area contributed by atoms with Crippen molar-refractivity contribution in [2.75, 3.05) is 7.11 Å². The second-order valence-electron chi connectivity index (χ2n) is 6.44. The van der Waals surface area contributed by atoms with Crippen molar-refractivity contribution in [3.05, 3.63) is 59.7 Å². The normalized spacial score (nSPS) is 22.9. The fraction of sp³-hybridized carbons (Fsp3) is 0.368. The summed E-state index contributed by atoms with van der Waals surface area (Å²) >= 11 is 1.89. The van der Waals surface area contributed by atoms with Crippen molar-refractivity contribution >= 4 is 11.8 Å². The van der Waals surface area contributed by atoms with Gasteiger partial charge >= 0.3 is 0 Å². The molecule has 0 saturated heterocycles. The van der Waals surface area contributed by atoms with E-state index in [9.17, 15) is 0 Å². The molecule has 2 aromatic carbocycles. The van der Waals surface area contributed by atoms with Gasteiger partial charge in [0.2, 0.25) is 0 Å². The summed E-state index contributed by atoms with van der Waals surface area (Å²) in [7, 11) is 1.71. The van der Waals surface area contributed by atoms with E-state index in [1.165, 1.54) is 16.0 Å². The highest BCUT2D eigenvalue weighted by atomic mass is 32.2. The molecule has 22 heavy (non-hydrogen) atoms. The Morgan fingerprint density at radius 1 is 1.14 bits per heavy atom. The summed E-state index contributed by atoms with van der Waals surface area (Å²) in [5, 5.41) is 0.387. The summed E-state index contributed by atoms with van der Waals surface area (Å²) in [6.45, 7) is 4.49. The quantitative estimate of drug-likeness (QED) is 0.929. The van der Waals surface area contributed by atoms with Crippen LogP contribution in [0.25, 0.3) is 0 Å². The Morgan fingerprint density at radius 3 is 2.55 bits per heavy atom. The number of hydrogen-bond acceptors (Lipinski definition) is 3. The first-order valence-corrected chi connectivity index (χ1v) is 8.55. The molecular formula is C19H23NOS. The number of rotatable bonds is 3. The van der Waals surface area contributed by atoms with Gasteiger partial charge in [-0.05, 0) is 41.8 Å². The minimum Gasteiger partial charge on any atom is -0.497 e. The van der Waals surface area contributed by atoms with Crippen LogP contribution < -0.4 is 10.5 Å². The number of nitrogens with two attached hydrogens (primary N) is 1. The number of methoxy groups -OCH3 is 1. The summed E-state index contributed by atoms with van der Waals surface area (Å²) in [5.74, 6) is 0.910. The smallest absolute Gasteiger partial charge is 0.119 e. The van der Waals surface area contributed by atoms with Crippen LogP contribution in [-0.4, -0.2) is 18.4 Å². The van der Waals surface area contributed by atoms with E-state index in [1.807, 2.05) is 11.8 Å². The predicted molar refractivity (Wildman–Crippen MR) is 93.8 cm³/mol. The van der Waals surface area contributed by atoms with E-state index >= 15 is 0 Å². The van der Waals surface area contributed by atoms with Crippen LogP contribution in [0.15, 0.2) is 53.4 Å². The van der Waals surface area contributed by atoms with E-state index in [1.54, 1.807) is 7.11 Å². The van der Waals surface area contributed by atoms with Crippen molar-refractivity contribution in [2.45, 2.75) is 41.9 Å². The largest absolute Gasteiger partial charge is 0.497 e. The highest BCUT2D eigenvalue weighted by Gasteiger charge is 2.40. The van der Waals surface area contributed by atoms with Gasteiger partial charge in [0.25, 0.3) is 0 Å². The van der Waals surface area contributed by atoms with Crippen molar-refractivity contribution in [3.8, 4) is 5.75 Å². The third-order valence-electron chi connectivity index (χ3n) is 4.70. The molecule has 3 heteroatoms. The Hall–Kier alpha value is -1.45. The molecule has 3 rings (SSSR count). The van der Waals surface area contributed by atoms with Gasteiger partial charge in [-0.25, -0.2) is 0 Å². The van der Waals surface area contributed by atoms with Gasteiger partial charge < -0.3 is 10.5 Å². The van der Waals surface area contributed by atoms with Crippen molar-refractivity contribution < 1.29 is 4.74 Å². The minimum absolute atomic E-state index is 0.0609. The number of thioether (sulfide) groups is 1. The average molecular weight is 313 g/mol. The Morgan fingerprint density at radius 2 is 1.86 bits per heavy atom. The summed E-state index contributed by atoms with van der Waals surface area (Å²) < 4.78 is 5.39. The molecule has 0 fully saturated rings. The Kier molecular flexibility index (Phi) is 4.20. The first-order valence-electron chi connectivity index (χ1n) is 7.67. The van der Waals surface area contributed by atoms with Crippen LogP contribution in [0.1, 0.15) is 25.0 Å². The lowest BCUT2D eigenvalue weighted by Crippen LogP contribution is -2.52. The maximum Gasteiger partial charge on any atom is 0.119 e. The molecule has 0 saturated carbocycles. The van der Waals surface area contributed by atoms with Gasteiger partial charge in [-0.2, -0.15) is 0 Å². The van der Waals surface area contributed by atoms with E-state index in [-0.39, 0.29) is 11.5 Å². The van der Waals surface area contributed by atoms with Crippen LogP contribution in [0.2, 0.25) is 0 Å². The molecule has 1 aliphatic rings. The van der Waals surface area contributed by atoms with Crippen molar-refractivity contribution in [3.63, 3.8) is 0 Å². The zero-order valence-electron chi connectivity index (χ0n) is 13.4. The molecule has 0 heterocycles. The molecule has 0 aliphatic heterocycles. The lowest BCUT2D eigenvalue weighted by molar-refractivity contribution is 0.366. The standard InChI is InChI=1S/C19H23NOS/c1-19(2)16-12-14(21-3)10-9-13(16)11-17(18(19)20)22-15-7-5-4-6-8-15/h4-10,12,17-18H,11,20H2,1-3H3/t17-,18+/m1/s1. The predicted octanol–water partition coefficient (Wildman–Crippen LogP) is 4.02. The van der Waals surface area contributed by atoms with Crippen molar-refractivity contribution in [2.24, 2.45) is 5.73 Å². The summed E-state index contributed by atoms with van der Waals surface area (Å²) in [6, 6.07) is 17.0. The summed E-state index contributed by atoms with van der Waals surface area (Å²) in [5.41, 5.74) is 9.30. The maximum atomic E-state index is 6.65. The van der Waals surface area contributed by atoms with Gasteiger partial charge in [-0.3, -0.25) is 0 Å². The van der Waals surface area contributed by atoms with Crippen LogP contribution in [0.5, 0.6) is 5.75 Å². The lowest BCUT2D eigenvalue weighted by atomic mass is 9.69. The molecule has 0 unspecified atom stereocenters. The number of hydrogen-bond donors (Lipinski definition) is 1. The van der Waals surface area contributed by atoms with Gasteiger partial charge in [0.1, 0.15) is 5.75 Å². The van der Waals surface area contributed by atoms with E-state index in [4.69, 9.17) is 10.5 Å². The van der Waals surface area contributed by atoms with Gasteiger partial charge in [-0.15, -0.1) is 11.8 Å². The molecule has 0 bridgehead atoms. The number of fused-ring (bicyclic) bond motifs is 1. The van der Waals surface area contributed by atoms with Crippen LogP contribution in [0.3, 0.4) is 0 Å².